The Morgan fingerprint density at radius 3 is 2.79 bits per heavy atom. The van der Waals surface area contributed by atoms with Crippen LogP contribution >= 0.6 is 0 Å². The van der Waals surface area contributed by atoms with Crippen LogP contribution in [0.2, 0.25) is 0 Å². The van der Waals surface area contributed by atoms with E-state index in [4.69, 9.17) is 4.74 Å². The summed E-state index contributed by atoms with van der Waals surface area (Å²) in [5.41, 5.74) is 1.03. The van der Waals surface area contributed by atoms with E-state index in [9.17, 15) is 0 Å². The summed E-state index contributed by atoms with van der Waals surface area (Å²) in [5, 5.41) is 3.31. The smallest absolute Gasteiger partial charge is 0.138 e. The van der Waals surface area contributed by atoms with Crippen molar-refractivity contribution in [3.8, 4) is 5.75 Å². The number of rotatable bonds is 2. The Morgan fingerprint density at radius 2 is 2.14 bits per heavy atom. The van der Waals surface area contributed by atoms with Crippen molar-refractivity contribution in [2.24, 2.45) is 0 Å². The number of hydrogen-bond donors (Lipinski definition) is 1. The van der Waals surface area contributed by atoms with Gasteiger partial charge in [0, 0.05) is 5.69 Å². The molecule has 14 heavy (non-hydrogen) atoms. The highest BCUT2D eigenvalue weighted by atomic mass is 16.5. The molecule has 1 aromatic rings. The standard InChI is InChI=1S/C11H16N2O/c1-9-2-3-11(8-13-9)14-10-4-6-12-7-5-10/h2-3,8,10,12H,4-7H2,1H3. The third-order valence-electron chi connectivity index (χ3n) is 2.47. The Morgan fingerprint density at radius 1 is 1.36 bits per heavy atom. The second-order valence-electron chi connectivity index (χ2n) is 3.70. The lowest BCUT2D eigenvalue weighted by atomic mass is 10.1. The first-order valence-corrected chi connectivity index (χ1v) is 5.14. The molecule has 0 aliphatic carbocycles. The van der Waals surface area contributed by atoms with Crippen molar-refractivity contribution in [2.75, 3.05) is 13.1 Å². The summed E-state index contributed by atoms with van der Waals surface area (Å²) in [7, 11) is 0. The van der Waals surface area contributed by atoms with Crippen LogP contribution in [0.5, 0.6) is 5.75 Å². The summed E-state index contributed by atoms with van der Waals surface area (Å²) in [5.74, 6) is 0.891. The maximum atomic E-state index is 5.81. The monoisotopic (exact) mass is 192 g/mol. The minimum Gasteiger partial charge on any atom is -0.489 e. The van der Waals surface area contributed by atoms with Crippen LogP contribution in [-0.2, 0) is 0 Å². The zero-order valence-electron chi connectivity index (χ0n) is 8.49. The van der Waals surface area contributed by atoms with Crippen molar-refractivity contribution in [3.05, 3.63) is 24.0 Å². The molecular formula is C11H16N2O. The molecule has 0 amide bonds. The molecule has 0 saturated carbocycles. The summed E-state index contributed by atoms with van der Waals surface area (Å²) >= 11 is 0. The Labute approximate surface area is 84.5 Å². The number of pyridine rings is 1. The van der Waals surface area contributed by atoms with E-state index in [0.717, 1.165) is 37.4 Å². The van der Waals surface area contributed by atoms with Crippen molar-refractivity contribution in [2.45, 2.75) is 25.9 Å². The Balaban J connectivity index is 1.92. The Kier molecular flexibility index (Phi) is 2.99. The molecule has 0 bridgehead atoms. The van der Waals surface area contributed by atoms with E-state index in [-0.39, 0.29) is 0 Å². The summed E-state index contributed by atoms with van der Waals surface area (Å²) in [4.78, 5) is 4.20. The number of nitrogens with one attached hydrogen (secondary N) is 1. The molecule has 2 rings (SSSR count). The molecular weight excluding hydrogens is 176 g/mol. The van der Waals surface area contributed by atoms with Gasteiger partial charge in [-0.1, -0.05) is 0 Å². The van der Waals surface area contributed by atoms with Gasteiger partial charge in [-0.2, -0.15) is 0 Å². The van der Waals surface area contributed by atoms with Crippen LogP contribution in [0.3, 0.4) is 0 Å². The molecule has 0 radical (unpaired) electrons. The topological polar surface area (TPSA) is 34.1 Å². The predicted molar refractivity (Wildman–Crippen MR) is 55.5 cm³/mol. The number of aromatic nitrogens is 1. The fourth-order valence-corrected chi connectivity index (χ4v) is 1.63. The fourth-order valence-electron chi connectivity index (χ4n) is 1.63. The van der Waals surface area contributed by atoms with Gasteiger partial charge in [0.25, 0.3) is 0 Å². The minimum absolute atomic E-state index is 0.362. The number of aryl methyl sites for hydroxylation is 1. The lowest BCUT2D eigenvalue weighted by molar-refractivity contribution is 0.162. The van der Waals surface area contributed by atoms with E-state index in [1.165, 1.54) is 0 Å². The molecule has 0 spiro atoms. The first-order chi connectivity index (χ1) is 6.84. The number of piperidine rings is 1. The fraction of sp³-hybridized carbons (Fsp3) is 0.545. The SMILES string of the molecule is Cc1ccc(OC2CCNCC2)cn1. The van der Waals surface area contributed by atoms with Gasteiger partial charge in [-0.25, -0.2) is 0 Å². The number of ether oxygens (including phenoxy) is 1. The number of nitrogens with zero attached hydrogens (tertiary/aromatic N) is 1. The van der Waals surface area contributed by atoms with Crippen LogP contribution in [0.4, 0.5) is 0 Å². The Bertz CT molecular complexity index is 278. The van der Waals surface area contributed by atoms with Gasteiger partial charge in [-0.05, 0) is 45.0 Å². The highest BCUT2D eigenvalue weighted by Crippen LogP contribution is 2.15. The van der Waals surface area contributed by atoms with E-state index in [1.54, 1.807) is 6.20 Å². The van der Waals surface area contributed by atoms with Crippen molar-refractivity contribution < 1.29 is 4.74 Å². The van der Waals surface area contributed by atoms with Gasteiger partial charge in [0.05, 0.1) is 6.20 Å². The average Bonchev–Trinajstić information content (AvgIpc) is 2.23. The zero-order valence-corrected chi connectivity index (χ0v) is 8.49. The molecule has 1 N–H and O–H groups in total. The second kappa shape index (κ2) is 4.42. The first kappa shape index (κ1) is 9.46. The van der Waals surface area contributed by atoms with Crippen molar-refractivity contribution in [3.63, 3.8) is 0 Å². The molecule has 1 fully saturated rings. The quantitative estimate of drug-likeness (QED) is 0.771. The summed E-state index contributed by atoms with van der Waals surface area (Å²) in [6.45, 7) is 4.10. The molecule has 76 valence electrons. The maximum Gasteiger partial charge on any atom is 0.138 e. The van der Waals surface area contributed by atoms with Crippen LogP contribution in [0.25, 0.3) is 0 Å². The molecule has 1 aliphatic heterocycles. The second-order valence-corrected chi connectivity index (χ2v) is 3.70. The summed E-state index contributed by atoms with van der Waals surface area (Å²) in [6, 6.07) is 3.97. The molecule has 2 heterocycles. The lowest BCUT2D eigenvalue weighted by Gasteiger charge is -2.23. The van der Waals surface area contributed by atoms with E-state index in [2.05, 4.69) is 10.3 Å². The molecule has 3 heteroatoms. The largest absolute Gasteiger partial charge is 0.489 e. The first-order valence-electron chi connectivity index (χ1n) is 5.14. The Hall–Kier alpha value is -1.09. The lowest BCUT2D eigenvalue weighted by Crippen LogP contribution is -2.34. The van der Waals surface area contributed by atoms with Crippen LogP contribution < -0.4 is 10.1 Å². The summed E-state index contributed by atoms with van der Waals surface area (Å²) in [6.07, 6.45) is 4.35. The van der Waals surface area contributed by atoms with E-state index < -0.39 is 0 Å². The van der Waals surface area contributed by atoms with E-state index in [0.29, 0.717) is 6.10 Å². The molecule has 1 aliphatic rings. The van der Waals surface area contributed by atoms with Gasteiger partial charge < -0.3 is 10.1 Å². The van der Waals surface area contributed by atoms with Crippen LogP contribution in [0, 0.1) is 6.92 Å². The maximum absolute atomic E-state index is 5.81. The average molecular weight is 192 g/mol. The molecule has 3 nitrogen and oxygen atoms in total. The minimum atomic E-state index is 0.362. The number of hydrogen-bond acceptors (Lipinski definition) is 3. The van der Waals surface area contributed by atoms with Crippen molar-refractivity contribution in [1.82, 2.24) is 10.3 Å². The van der Waals surface area contributed by atoms with Crippen LogP contribution in [0.15, 0.2) is 18.3 Å². The molecule has 0 unspecified atom stereocenters. The molecule has 1 aromatic heterocycles. The van der Waals surface area contributed by atoms with Gasteiger partial charge in [0.2, 0.25) is 0 Å². The molecule has 0 atom stereocenters. The van der Waals surface area contributed by atoms with Crippen molar-refractivity contribution >= 4 is 0 Å². The van der Waals surface area contributed by atoms with Crippen molar-refractivity contribution in [1.29, 1.82) is 0 Å². The van der Waals surface area contributed by atoms with Gasteiger partial charge >= 0.3 is 0 Å². The normalized spacial score (nSPS) is 18.1. The van der Waals surface area contributed by atoms with Crippen LogP contribution in [0.1, 0.15) is 18.5 Å². The molecule has 1 saturated heterocycles. The third kappa shape index (κ3) is 2.45. The van der Waals surface area contributed by atoms with Gasteiger partial charge in [-0.3, -0.25) is 4.98 Å². The van der Waals surface area contributed by atoms with Gasteiger partial charge in [0.15, 0.2) is 0 Å². The van der Waals surface area contributed by atoms with Gasteiger partial charge in [0.1, 0.15) is 11.9 Å². The van der Waals surface area contributed by atoms with E-state index >= 15 is 0 Å². The summed E-state index contributed by atoms with van der Waals surface area (Å²) < 4.78 is 5.81. The zero-order chi connectivity index (χ0) is 9.80. The van der Waals surface area contributed by atoms with Gasteiger partial charge in [-0.15, -0.1) is 0 Å². The predicted octanol–water partition coefficient (Wildman–Crippen LogP) is 1.52. The van der Waals surface area contributed by atoms with E-state index in [1.807, 2.05) is 19.1 Å². The highest BCUT2D eigenvalue weighted by Gasteiger charge is 2.13. The van der Waals surface area contributed by atoms with Crippen LogP contribution in [-0.4, -0.2) is 24.2 Å². The third-order valence-corrected chi connectivity index (χ3v) is 2.47. The highest BCUT2D eigenvalue weighted by molar-refractivity contribution is 5.19. The molecule has 0 aromatic carbocycles.